The number of piperidine rings is 1. The highest BCUT2D eigenvalue weighted by molar-refractivity contribution is 5.93. The summed E-state index contributed by atoms with van der Waals surface area (Å²) in [4.78, 5) is 14.7. The van der Waals surface area contributed by atoms with Crippen LogP contribution in [0.5, 0.6) is 0 Å². The molecule has 24 heavy (non-hydrogen) atoms. The molecule has 0 bridgehead atoms. The van der Waals surface area contributed by atoms with Crippen molar-refractivity contribution < 1.29 is 4.79 Å². The first kappa shape index (κ1) is 16.7. The van der Waals surface area contributed by atoms with Gasteiger partial charge in [-0.3, -0.25) is 9.69 Å². The maximum absolute atomic E-state index is 12.4. The van der Waals surface area contributed by atoms with Gasteiger partial charge in [-0.05, 0) is 51.3 Å². The van der Waals surface area contributed by atoms with Crippen LogP contribution in [0.25, 0.3) is 5.69 Å². The Hall–Kier alpha value is -2.14. The molecule has 0 saturated carbocycles. The predicted molar refractivity (Wildman–Crippen MR) is 96.5 cm³/mol. The largest absolute Gasteiger partial charge is 0.322 e. The van der Waals surface area contributed by atoms with Crippen LogP contribution >= 0.6 is 0 Å². The van der Waals surface area contributed by atoms with Gasteiger partial charge >= 0.3 is 0 Å². The topological polar surface area (TPSA) is 50.2 Å². The summed E-state index contributed by atoms with van der Waals surface area (Å²) in [6.45, 7) is 8.66. The fourth-order valence-corrected chi connectivity index (χ4v) is 3.46. The summed E-state index contributed by atoms with van der Waals surface area (Å²) in [6.07, 6.45) is 2.44. The fraction of sp³-hybridized carbons (Fsp3) is 0.474. The summed E-state index contributed by atoms with van der Waals surface area (Å²) in [7, 11) is 0. The highest BCUT2D eigenvalue weighted by Crippen LogP contribution is 2.23. The van der Waals surface area contributed by atoms with Crippen LogP contribution in [0.4, 0.5) is 5.69 Å². The van der Waals surface area contributed by atoms with Crippen LogP contribution in [0, 0.1) is 19.8 Å². The van der Waals surface area contributed by atoms with E-state index in [0.29, 0.717) is 12.5 Å². The molecule has 2 aromatic rings. The molecular weight excluding hydrogens is 300 g/mol. The average Bonchev–Trinajstić information content (AvgIpc) is 2.84. The first-order chi connectivity index (χ1) is 11.5. The third-order valence-corrected chi connectivity index (χ3v) is 4.66. The standard InChI is InChI=1S/C19H26N4O/c1-14-8-7-11-22(12-14)13-18(24)20-19-15(2)21-23(16(19)3)17-9-5-4-6-10-17/h4-6,9-10,14H,7-8,11-13H2,1-3H3,(H,20,24). The molecule has 1 unspecified atom stereocenters. The van der Waals surface area contributed by atoms with Crippen molar-refractivity contribution in [3.8, 4) is 5.69 Å². The van der Waals surface area contributed by atoms with Gasteiger partial charge < -0.3 is 5.32 Å². The van der Waals surface area contributed by atoms with Crippen LogP contribution in [0.1, 0.15) is 31.2 Å². The third-order valence-electron chi connectivity index (χ3n) is 4.66. The molecule has 1 fully saturated rings. The van der Waals surface area contributed by atoms with Crippen molar-refractivity contribution in [2.45, 2.75) is 33.6 Å². The summed E-state index contributed by atoms with van der Waals surface area (Å²) < 4.78 is 1.88. The minimum absolute atomic E-state index is 0.0444. The molecule has 0 aliphatic carbocycles. The molecule has 0 spiro atoms. The van der Waals surface area contributed by atoms with E-state index in [1.807, 2.05) is 48.9 Å². The Bertz CT molecular complexity index is 708. The lowest BCUT2D eigenvalue weighted by Gasteiger charge is -2.30. The van der Waals surface area contributed by atoms with E-state index in [4.69, 9.17) is 0 Å². The Labute approximate surface area is 143 Å². The van der Waals surface area contributed by atoms with Gasteiger partial charge in [-0.25, -0.2) is 4.68 Å². The van der Waals surface area contributed by atoms with Gasteiger partial charge in [-0.15, -0.1) is 0 Å². The van der Waals surface area contributed by atoms with E-state index in [-0.39, 0.29) is 5.91 Å². The van der Waals surface area contributed by atoms with Gasteiger partial charge in [0.15, 0.2) is 0 Å². The summed E-state index contributed by atoms with van der Waals surface area (Å²) in [6, 6.07) is 9.99. The lowest BCUT2D eigenvalue weighted by atomic mass is 10.0. The summed E-state index contributed by atoms with van der Waals surface area (Å²) >= 11 is 0. The molecular formula is C19H26N4O. The SMILES string of the molecule is Cc1nn(-c2ccccc2)c(C)c1NC(=O)CN1CCCC(C)C1. The van der Waals surface area contributed by atoms with E-state index in [0.717, 1.165) is 35.9 Å². The smallest absolute Gasteiger partial charge is 0.238 e. The zero-order valence-electron chi connectivity index (χ0n) is 14.7. The molecule has 1 amide bonds. The molecule has 5 nitrogen and oxygen atoms in total. The number of nitrogens with zero attached hydrogens (tertiary/aromatic N) is 3. The lowest BCUT2D eigenvalue weighted by molar-refractivity contribution is -0.117. The van der Waals surface area contributed by atoms with E-state index >= 15 is 0 Å². The zero-order chi connectivity index (χ0) is 17.1. The number of carbonyl (C=O) groups excluding carboxylic acids is 1. The molecule has 1 atom stereocenters. The Morgan fingerprint density at radius 2 is 2.04 bits per heavy atom. The second-order valence-corrected chi connectivity index (χ2v) is 6.82. The Morgan fingerprint density at radius 3 is 2.75 bits per heavy atom. The Balaban J connectivity index is 1.71. The minimum Gasteiger partial charge on any atom is -0.322 e. The number of aromatic nitrogens is 2. The van der Waals surface area contributed by atoms with Crippen molar-refractivity contribution >= 4 is 11.6 Å². The third kappa shape index (κ3) is 3.67. The van der Waals surface area contributed by atoms with Crippen LogP contribution < -0.4 is 5.32 Å². The molecule has 3 rings (SSSR count). The minimum atomic E-state index is 0.0444. The van der Waals surface area contributed by atoms with Crippen LogP contribution in [0.2, 0.25) is 0 Å². The van der Waals surface area contributed by atoms with Crippen molar-refractivity contribution in [2.75, 3.05) is 25.0 Å². The number of rotatable bonds is 4. The second-order valence-electron chi connectivity index (χ2n) is 6.82. The van der Waals surface area contributed by atoms with E-state index < -0.39 is 0 Å². The zero-order valence-corrected chi connectivity index (χ0v) is 14.7. The first-order valence-electron chi connectivity index (χ1n) is 8.68. The summed E-state index contributed by atoms with van der Waals surface area (Å²) in [5.74, 6) is 0.721. The second kappa shape index (κ2) is 7.18. The number of amides is 1. The maximum Gasteiger partial charge on any atom is 0.238 e. The Morgan fingerprint density at radius 1 is 1.29 bits per heavy atom. The molecule has 0 radical (unpaired) electrons. The van der Waals surface area contributed by atoms with E-state index in [2.05, 4.69) is 22.2 Å². The van der Waals surface area contributed by atoms with Crippen LogP contribution in [-0.4, -0.2) is 40.2 Å². The predicted octanol–water partition coefficient (Wildman–Crippen LogP) is 3.16. The molecule has 5 heteroatoms. The molecule has 2 heterocycles. The number of aryl methyl sites for hydroxylation is 1. The number of para-hydroxylation sites is 1. The summed E-state index contributed by atoms with van der Waals surface area (Å²) in [5.41, 5.74) is 3.63. The van der Waals surface area contributed by atoms with Gasteiger partial charge in [0.2, 0.25) is 5.91 Å². The van der Waals surface area contributed by atoms with Gasteiger partial charge in [-0.2, -0.15) is 5.10 Å². The summed E-state index contributed by atoms with van der Waals surface area (Å²) in [5, 5.41) is 7.65. The number of likely N-dealkylation sites (tertiary alicyclic amines) is 1. The number of nitrogens with one attached hydrogen (secondary N) is 1. The van der Waals surface area contributed by atoms with E-state index in [9.17, 15) is 4.79 Å². The Kier molecular flexibility index (Phi) is 5.00. The van der Waals surface area contributed by atoms with Crippen LogP contribution in [0.15, 0.2) is 30.3 Å². The van der Waals surface area contributed by atoms with Gasteiger partial charge in [0.1, 0.15) is 0 Å². The molecule has 1 N–H and O–H groups in total. The fourth-order valence-electron chi connectivity index (χ4n) is 3.46. The number of hydrogen-bond acceptors (Lipinski definition) is 3. The molecule has 1 saturated heterocycles. The van der Waals surface area contributed by atoms with Crippen molar-refractivity contribution in [1.29, 1.82) is 0 Å². The molecule has 1 aromatic heterocycles. The highest BCUT2D eigenvalue weighted by atomic mass is 16.2. The van der Waals surface area contributed by atoms with Gasteiger partial charge in [0.25, 0.3) is 0 Å². The molecule has 1 aliphatic heterocycles. The highest BCUT2D eigenvalue weighted by Gasteiger charge is 2.20. The molecule has 128 valence electrons. The normalized spacial score (nSPS) is 18.5. The number of hydrogen-bond donors (Lipinski definition) is 1. The maximum atomic E-state index is 12.4. The number of benzene rings is 1. The van der Waals surface area contributed by atoms with Gasteiger partial charge in [0, 0.05) is 6.54 Å². The van der Waals surface area contributed by atoms with E-state index in [1.54, 1.807) is 0 Å². The first-order valence-corrected chi connectivity index (χ1v) is 8.68. The van der Waals surface area contributed by atoms with Gasteiger partial charge in [0.05, 0.1) is 29.3 Å². The molecule has 1 aliphatic rings. The van der Waals surface area contributed by atoms with E-state index in [1.165, 1.54) is 12.8 Å². The van der Waals surface area contributed by atoms with Crippen molar-refractivity contribution in [1.82, 2.24) is 14.7 Å². The van der Waals surface area contributed by atoms with Crippen LogP contribution in [0.3, 0.4) is 0 Å². The van der Waals surface area contributed by atoms with Crippen molar-refractivity contribution in [3.63, 3.8) is 0 Å². The van der Waals surface area contributed by atoms with Crippen molar-refractivity contribution in [2.24, 2.45) is 5.92 Å². The average molecular weight is 326 g/mol. The lowest BCUT2D eigenvalue weighted by Crippen LogP contribution is -2.39. The van der Waals surface area contributed by atoms with Crippen LogP contribution in [-0.2, 0) is 4.79 Å². The monoisotopic (exact) mass is 326 g/mol. The quantitative estimate of drug-likeness (QED) is 0.939. The van der Waals surface area contributed by atoms with Crippen molar-refractivity contribution in [3.05, 3.63) is 41.7 Å². The number of anilines is 1. The molecule has 1 aromatic carbocycles. The van der Waals surface area contributed by atoms with Gasteiger partial charge in [-0.1, -0.05) is 25.1 Å². The number of carbonyl (C=O) groups is 1.